The molecule has 2 aromatic rings. The van der Waals surface area contributed by atoms with E-state index < -0.39 is 0 Å². The third-order valence-electron chi connectivity index (χ3n) is 4.03. The van der Waals surface area contributed by atoms with Gasteiger partial charge in [-0.2, -0.15) is 0 Å². The second-order valence-electron chi connectivity index (χ2n) is 5.96. The monoisotopic (exact) mass is 360 g/mol. The van der Waals surface area contributed by atoms with Crippen LogP contribution in [0.2, 0.25) is 0 Å². The number of rotatable bonds is 7. The number of guanidine groups is 1. The SMILES string of the molecule is CCc1nc(CNC(=NC)NCC2(Sc3ccccc3)CC2)cs1. The fraction of sp³-hybridized carbons (Fsp3) is 0.444. The molecule has 1 aromatic carbocycles. The lowest BCUT2D eigenvalue weighted by atomic mass is 10.4. The molecule has 0 aliphatic heterocycles. The van der Waals surface area contributed by atoms with Crippen LogP contribution in [0.4, 0.5) is 0 Å². The summed E-state index contributed by atoms with van der Waals surface area (Å²) < 4.78 is 0.314. The largest absolute Gasteiger partial charge is 0.355 e. The molecule has 0 atom stereocenters. The van der Waals surface area contributed by atoms with Crippen molar-refractivity contribution < 1.29 is 0 Å². The molecular weight excluding hydrogens is 336 g/mol. The number of thiazole rings is 1. The highest BCUT2D eigenvalue weighted by atomic mass is 32.2. The molecule has 1 aliphatic rings. The molecule has 1 fully saturated rings. The van der Waals surface area contributed by atoms with Crippen molar-refractivity contribution in [3.05, 3.63) is 46.4 Å². The van der Waals surface area contributed by atoms with Gasteiger partial charge in [-0.25, -0.2) is 4.98 Å². The van der Waals surface area contributed by atoms with Gasteiger partial charge in [0.1, 0.15) is 0 Å². The van der Waals surface area contributed by atoms with Crippen LogP contribution < -0.4 is 10.6 Å². The summed E-state index contributed by atoms with van der Waals surface area (Å²) in [4.78, 5) is 10.3. The fourth-order valence-electron chi connectivity index (χ4n) is 2.43. The van der Waals surface area contributed by atoms with E-state index in [1.807, 2.05) is 18.8 Å². The van der Waals surface area contributed by atoms with Crippen LogP contribution >= 0.6 is 23.1 Å². The number of aliphatic imine (C=N–C) groups is 1. The summed E-state index contributed by atoms with van der Waals surface area (Å²) in [6, 6.07) is 10.6. The molecule has 128 valence electrons. The standard InChI is InChI=1S/C18H24N4S2/c1-3-16-22-14(12-23-16)11-20-17(19-2)21-13-18(9-10-18)24-15-7-5-4-6-8-15/h4-8,12H,3,9-11,13H2,1-2H3,(H2,19,20,21). The number of hydrogen-bond acceptors (Lipinski definition) is 4. The molecule has 0 spiro atoms. The second-order valence-corrected chi connectivity index (χ2v) is 8.45. The van der Waals surface area contributed by atoms with E-state index in [4.69, 9.17) is 0 Å². The second kappa shape index (κ2) is 8.03. The highest BCUT2D eigenvalue weighted by Gasteiger charge is 2.43. The van der Waals surface area contributed by atoms with Gasteiger partial charge in [0, 0.05) is 28.6 Å². The summed E-state index contributed by atoms with van der Waals surface area (Å²) in [5.74, 6) is 0.848. The van der Waals surface area contributed by atoms with Gasteiger partial charge in [0.2, 0.25) is 0 Å². The van der Waals surface area contributed by atoms with E-state index in [1.165, 1.54) is 22.7 Å². The average Bonchev–Trinajstić information content (AvgIpc) is 3.21. The molecular formula is C18H24N4S2. The Kier molecular flexibility index (Phi) is 5.79. The van der Waals surface area contributed by atoms with E-state index >= 15 is 0 Å². The van der Waals surface area contributed by atoms with Crippen LogP contribution in [0, 0.1) is 0 Å². The van der Waals surface area contributed by atoms with Gasteiger partial charge in [-0.1, -0.05) is 25.1 Å². The third kappa shape index (κ3) is 4.74. The highest BCUT2D eigenvalue weighted by Crippen LogP contribution is 2.51. The van der Waals surface area contributed by atoms with E-state index in [1.54, 1.807) is 11.3 Å². The molecule has 2 N–H and O–H groups in total. The Morgan fingerprint density at radius 1 is 1.29 bits per heavy atom. The number of nitrogens with one attached hydrogen (secondary N) is 2. The maximum atomic E-state index is 4.58. The van der Waals surface area contributed by atoms with E-state index in [2.05, 4.69) is 63.2 Å². The van der Waals surface area contributed by atoms with E-state index in [0.29, 0.717) is 4.75 Å². The maximum Gasteiger partial charge on any atom is 0.191 e. The molecule has 0 saturated heterocycles. The Labute approximate surface area is 152 Å². The summed E-state index contributed by atoms with van der Waals surface area (Å²) in [5.41, 5.74) is 1.08. The number of aryl methyl sites for hydroxylation is 1. The molecule has 0 amide bonds. The predicted molar refractivity (Wildman–Crippen MR) is 104 cm³/mol. The van der Waals surface area contributed by atoms with E-state index in [0.717, 1.165) is 31.2 Å². The first-order chi connectivity index (χ1) is 11.7. The van der Waals surface area contributed by atoms with Gasteiger partial charge in [-0.15, -0.1) is 23.1 Å². The minimum Gasteiger partial charge on any atom is -0.355 e. The summed E-state index contributed by atoms with van der Waals surface area (Å²) >= 11 is 3.70. The van der Waals surface area contributed by atoms with Crippen LogP contribution in [0.25, 0.3) is 0 Å². The van der Waals surface area contributed by atoms with Crippen molar-refractivity contribution in [2.75, 3.05) is 13.6 Å². The van der Waals surface area contributed by atoms with Gasteiger partial charge >= 0.3 is 0 Å². The van der Waals surface area contributed by atoms with Crippen molar-refractivity contribution in [1.29, 1.82) is 0 Å². The zero-order valence-corrected chi connectivity index (χ0v) is 15.8. The van der Waals surface area contributed by atoms with Crippen molar-refractivity contribution in [3.63, 3.8) is 0 Å². The van der Waals surface area contributed by atoms with Gasteiger partial charge in [0.15, 0.2) is 5.96 Å². The van der Waals surface area contributed by atoms with Gasteiger partial charge in [0.25, 0.3) is 0 Å². The van der Waals surface area contributed by atoms with Crippen molar-refractivity contribution in [1.82, 2.24) is 15.6 Å². The molecule has 24 heavy (non-hydrogen) atoms. The molecule has 1 aromatic heterocycles. The van der Waals surface area contributed by atoms with Crippen LogP contribution in [0.5, 0.6) is 0 Å². The zero-order valence-electron chi connectivity index (χ0n) is 14.2. The fourth-order valence-corrected chi connectivity index (χ4v) is 4.41. The lowest BCUT2D eigenvalue weighted by Crippen LogP contribution is -2.40. The highest BCUT2D eigenvalue weighted by molar-refractivity contribution is 8.01. The molecule has 1 heterocycles. The molecule has 0 unspecified atom stereocenters. The molecule has 0 bridgehead atoms. The van der Waals surface area contributed by atoms with Gasteiger partial charge in [0.05, 0.1) is 17.2 Å². The van der Waals surface area contributed by atoms with Crippen LogP contribution in [-0.2, 0) is 13.0 Å². The van der Waals surface area contributed by atoms with Crippen LogP contribution in [-0.4, -0.2) is 29.3 Å². The lowest BCUT2D eigenvalue weighted by Gasteiger charge is -2.18. The maximum absolute atomic E-state index is 4.58. The number of benzene rings is 1. The molecule has 3 rings (SSSR count). The Morgan fingerprint density at radius 2 is 2.08 bits per heavy atom. The van der Waals surface area contributed by atoms with Gasteiger partial charge in [-0.05, 0) is 31.4 Å². The molecule has 1 aliphatic carbocycles. The van der Waals surface area contributed by atoms with Crippen molar-refractivity contribution in [2.24, 2.45) is 4.99 Å². The van der Waals surface area contributed by atoms with Gasteiger partial charge < -0.3 is 10.6 Å². The lowest BCUT2D eigenvalue weighted by molar-refractivity contribution is 0.760. The molecule has 6 heteroatoms. The summed E-state index contributed by atoms with van der Waals surface area (Å²) in [6.07, 6.45) is 3.50. The Morgan fingerprint density at radius 3 is 2.71 bits per heavy atom. The molecule has 0 radical (unpaired) electrons. The number of nitrogens with zero attached hydrogens (tertiary/aromatic N) is 2. The number of thioether (sulfide) groups is 1. The van der Waals surface area contributed by atoms with E-state index in [9.17, 15) is 0 Å². The van der Waals surface area contributed by atoms with Gasteiger partial charge in [-0.3, -0.25) is 4.99 Å². The molecule has 1 saturated carbocycles. The Hall–Kier alpha value is -1.53. The Bertz CT molecular complexity index is 677. The smallest absolute Gasteiger partial charge is 0.191 e. The summed E-state index contributed by atoms with van der Waals surface area (Å²) in [6.45, 7) is 3.79. The topological polar surface area (TPSA) is 49.3 Å². The van der Waals surface area contributed by atoms with Crippen molar-refractivity contribution >= 4 is 29.1 Å². The summed E-state index contributed by atoms with van der Waals surface area (Å²) in [7, 11) is 1.82. The Balaban J connectivity index is 1.47. The summed E-state index contributed by atoms with van der Waals surface area (Å²) in [5, 5.41) is 10.1. The van der Waals surface area contributed by atoms with E-state index in [-0.39, 0.29) is 0 Å². The van der Waals surface area contributed by atoms with Crippen LogP contribution in [0.1, 0.15) is 30.5 Å². The van der Waals surface area contributed by atoms with Crippen LogP contribution in [0.3, 0.4) is 0 Å². The van der Waals surface area contributed by atoms with Crippen LogP contribution in [0.15, 0.2) is 45.6 Å². The first-order valence-electron chi connectivity index (χ1n) is 8.35. The molecule has 4 nitrogen and oxygen atoms in total. The van der Waals surface area contributed by atoms with Crippen molar-refractivity contribution in [2.45, 2.75) is 42.4 Å². The first-order valence-corrected chi connectivity index (χ1v) is 10.0. The first kappa shape index (κ1) is 17.3. The normalized spacial score (nSPS) is 16.0. The minimum atomic E-state index is 0.314. The minimum absolute atomic E-state index is 0.314. The predicted octanol–water partition coefficient (Wildman–Crippen LogP) is 3.70. The number of hydrogen-bond donors (Lipinski definition) is 2. The quantitative estimate of drug-likeness (QED) is 0.584. The van der Waals surface area contributed by atoms with Crippen molar-refractivity contribution in [3.8, 4) is 0 Å². The third-order valence-corrected chi connectivity index (χ3v) is 6.56. The zero-order chi connectivity index (χ0) is 16.8. The average molecular weight is 361 g/mol. The number of aromatic nitrogens is 1.